The maximum absolute atomic E-state index is 4.83. The lowest BCUT2D eigenvalue weighted by Gasteiger charge is -2.34. The van der Waals surface area contributed by atoms with E-state index < -0.39 is 0 Å². The van der Waals surface area contributed by atoms with E-state index in [2.05, 4.69) is 135 Å². The smallest absolute Gasteiger partial charge is 0.0702 e. The molecule has 0 aliphatic heterocycles. The Labute approximate surface area is 283 Å². The number of rotatable bonds is 8. The Morgan fingerprint density at radius 3 is 1.88 bits per heavy atom. The van der Waals surface area contributed by atoms with E-state index >= 15 is 0 Å². The number of nitrogens with zero attached hydrogens (tertiary/aromatic N) is 2. The predicted molar refractivity (Wildman–Crippen MR) is 203 cm³/mol. The van der Waals surface area contributed by atoms with E-state index in [4.69, 9.17) is 9.97 Å². The van der Waals surface area contributed by atoms with Crippen LogP contribution in [-0.4, -0.2) is 9.97 Å². The molecule has 48 heavy (non-hydrogen) atoms. The zero-order chi connectivity index (χ0) is 32.5. The molecular formula is C46H38N2. The fourth-order valence-corrected chi connectivity index (χ4v) is 7.79. The third-order valence-electron chi connectivity index (χ3n) is 10.0. The summed E-state index contributed by atoms with van der Waals surface area (Å²) < 4.78 is 0. The highest BCUT2D eigenvalue weighted by molar-refractivity contribution is 5.90. The first-order valence-electron chi connectivity index (χ1n) is 16.9. The van der Waals surface area contributed by atoms with Crippen molar-refractivity contribution in [3.63, 3.8) is 0 Å². The van der Waals surface area contributed by atoms with E-state index in [1.165, 1.54) is 44.5 Å². The van der Waals surface area contributed by atoms with Crippen LogP contribution in [0, 0.1) is 0 Å². The molecule has 0 N–H and O–H groups in total. The molecule has 0 spiro atoms. The number of para-hydroxylation sites is 2. The van der Waals surface area contributed by atoms with Gasteiger partial charge in [-0.25, -0.2) is 0 Å². The molecule has 4 aromatic carbocycles. The molecule has 2 aliphatic rings. The van der Waals surface area contributed by atoms with Crippen LogP contribution in [0.5, 0.6) is 0 Å². The van der Waals surface area contributed by atoms with Crippen LogP contribution >= 0.6 is 0 Å². The number of hydrogen-bond acceptors (Lipinski definition) is 2. The van der Waals surface area contributed by atoms with Crippen molar-refractivity contribution in [1.82, 2.24) is 9.97 Å². The Hall–Kier alpha value is -5.60. The molecule has 2 aliphatic carbocycles. The summed E-state index contributed by atoms with van der Waals surface area (Å²) in [5.74, 6) is 0. The third kappa shape index (κ3) is 5.34. The molecule has 2 heterocycles. The van der Waals surface area contributed by atoms with Crippen LogP contribution in [-0.2, 0) is 5.41 Å². The minimum absolute atomic E-state index is 0.299. The molecule has 2 aromatic heterocycles. The molecule has 0 atom stereocenters. The number of allylic oxidation sites excluding steroid dienone is 9. The van der Waals surface area contributed by atoms with Gasteiger partial charge in [0.05, 0.1) is 11.0 Å². The van der Waals surface area contributed by atoms with Crippen molar-refractivity contribution in [2.75, 3.05) is 0 Å². The molecule has 0 amide bonds. The highest BCUT2D eigenvalue weighted by atomic mass is 14.7. The van der Waals surface area contributed by atoms with E-state index in [0.29, 0.717) is 0 Å². The van der Waals surface area contributed by atoms with Crippen LogP contribution in [0.15, 0.2) is 170 Å². The highest BCUT2D eigenvalue weighted by Gasteiger charge is 2.44. The molecule has 0 saturated heterocycles. The lowest BCUT2D eigenvalue weighted by molar-refractivity contribution is 0.522. The normalized spacial score (nSPS) is 15.1. The maximum atomic E-state index is 4.83. The summed E-state index contributed by atoms with van der Waals surface area (Å²) in [5.41, 5.74) is 14.4. The number of pyridine rings is 2. The second-order valence-electron chi connectivity index (χ2n) is 13.0. The van der Waals surface area contributed by atoms with Gasteiger partial charge in [0.15, 0.2) is 0 Å². The molecule has 8 rings (SSSR count). The summed E-state index contributed by atoms with van der Waals surface area (Å²) in [5, 5.41) is 2.31. The molecule has 0 bridgehead atoms. The molecule has 0 fully saturated rings. The van der Waals surface area contributed by atoms with Crippen LogP contribution in [0.4, 0.5) is 0 Å². The van der Waals surface area contributed by atoms with Gasteiger partial charge in [-0.15, -0.1) is 0 Å². The van der Waals surface area contributed by atoms with Crippen molar-refractivity contribution in [1.29, 1.82) is 0 Å². The van der Waals surface area contributed by atoms with Crippen LogP contribution in [0.3, 0.4) is 0 Å². The zero-order valence-corrected chi connectivity index (χ0v) is 27.4. The van der Waals surface area contributed by atoms with Crippen LogP contribution in [0.25, 0.3) is 55.2 Å². The predicted octanol–water partition coefficient (Wildman–Crippen LogP) is 12.1. The summed E-state index contributed by atoms with van der Waals surface area (Å²) in [6.07, 6.45) is 23.6. The van der Waals surface area contributed by atoms with Gasteiger partial charge in [0, 0.05) is 39.7 Å². The fourth-order valence-electron chi connectivity index (χ4n) is 7.79. The first-order valence-corrected chi connectivity index (χ1v) is 16.9. The minimum Gasteiger partial charge on any atom is -0.256 e. The number of aromatic nitrogens is 2. The van der Waals surface area contributed by atoms with Gasteiger partial charge in [-0.05, 0) is 108 Å². The summed E-state index contributed by atoms with van der Waals surface area (Å²) in [6.45, 7) is 6.19. The second kappa shape index (κ2) is 12.5. The maximum Gasteiger partial charge on any atom is 0.0702 e. The standard InChI is InChI=1S/C46H38N2/c1-3-12-32(13-4-2)28-46(29-33-14-6-5-7-15-33)42-26-34(38-24-36-16-8-10-18-44(36)47-30-38)20-22-40(42)41-23-21-35(27-43(41)46)39-25-37-17-9-11-19-45(37)48-31-39/h3-4,6,8-27,30-31H,1,5,7,28-29H2,2H3/b13-4-,32-12+. The van der Waals surface area contributed by atoms with Gasteiger partial charge >= 0.3 is 0 Å². The third-order valence-corrected chi connectivity index (χ3v) is 10.0. The molecule has 0 saturated carbocycles. The number of benzene rings is 4. The number of hydrogen-bond donors (Lipinski definition) is 0. The molecule has 0 radical (unpaired) electrons. The topological polar surface area (TPSA) is 25.8 Å². The highest BCUT2D eigenvalue weighted by Crippen LogP contribution is 2.57. The summed E-state index contributed by atoms with van der Waals surface area (Å²) in [4.78, 5) is 9.66. The first-order chi connectivity index (χ1) is 23.6. The van der Waals surface area contributed by atoms with Crippen molar-refractivity contribution in [3.05, 3.63) is 181 Å². The summed E-state index contributed by atoms with van der Waals surface area (Å²) in [6, 6.07) is 35.4. The van der Waals surface area contributed by atoms with E-state index in [0.717, 1.165) is 58.6 Å². The minimum atomic E-state index is -0.299. The van der Waals surface area contributed by atoms with Gasteiger partial charge in [0.2, 0.25) is 0 Å². The van der Waals surface area contributed by atoms with Crippen molar-refractivity contribution >= 4 is 21.8 Å². The summed E-state index contributed by atoms with van der Waals surface area (Å²) >= 11 is 0. The molecule has 0 unspecified atom stereocenters. The second-order valence-corrected chi connectivity index (χ2v) is 13.0. The lowest BCUT2D eigenvalue weighted by atomic mass is 9.68. The monoisotopic (exact) mass is 618 g/mol. The van der Waals surface area contributed by atoms with Crippen LogP contribution in [0.1, 0.15) is 43.7 Å². The van der Waals surface area contributed by atoms with Gasteiger partial charge in [0.1, 0.15) is 0 Å². The van der Waals surface area contributed by atoms with Crippen LogP contribution < -0.4 is 0 Å². The van der Waals surface area contributed by atoms with E-state index in [1.54, 1.807) is 0 Å². The molecule has 6 aromatic rings. The SMILES string of the molecule is C=C/C=C(\C=C/C)CC1(CC2=CCCC=C2)c2cc(-c3cnc4ccccc4c3)ccc2-c2ccc(-c3cnc4ccccc4c3)cc21. The van der Waals surface area contributed by atoms with E-state index in [-0.39, 0.29) is 5.41 Å². The van der Waals surface area contributed by atoms with Gasteiger partial charge in [0.25, 0.3) is 0 Å². The van der Waals surface area contributed by atoms with Crippen molar-refractivity contribution in [3.8, 4) is 33.4 Å². The van der Waals surface area contributed by atoms with Crippen molar-refractivity contribution in [2.45, 2.75) is 38.0 Å². The molecule has 232 valence electrons. The first kappa shape index (κ1) is 29.8. The number of fused-ring (bicyclic) bond motifs is 5. The van der Waals surface area contributed by atoms with Crippen molar-refractivity contribution < 1.29 is 0 Å². The van der Waals surface area contributed by atoms with Gasteiger partial charge < -0.3 is 0 Å². The van der Waals surface area contributed by atoms with Gasteiger partial charge in [-0.1, -0.05) is 115 Å². The molecular weight excluding hydrogens is 581 g/mol. The van der Waals surface area contributed by atoms with Crippen LogP contribution in [0.2, 0.25) is 0 Å². The molecule has 2 nitrogen and oxygen atoms in total. The zero-order valence-electron chi connectivity index (χ0n) is 27.4. The van der Waals surface area contributed by atoms with Crippen molar-refractivity contribution in [2.24, 2.45) is 0 Å². The largest absolute Gasteiger partial charge is 0.256 e. The average Bonchev–Trinajstić information content (AvgIpc) is 3.39. The molecule has 2 heteroatoms. The van der Waals surface area contributed by atoms with E-state index in [9.17, 15) is 0 Å². The quantitative estimate of drug-likeness (QED) is 0.159. The van der Waals surface area contributed by atoms with Gasteiger partial charge in [-0.3, -0.25) is 9.97 Å². The Morgan fingerprint density at radius 2 is 1.33 bits per heavy atom. The Morgan fingerprint density at radius 1 is 0.729 bits per heavy atom. The Balaban J connectivity index is 1.36. The average molecular weight is 619 g/mol. The fraction of sp³-hybridized carbons (Fsp3) is 0.130. The van der Waals surface area contributed by atoms with E-state index in [1.807, 2.05) is 30.6 Å². The Kier molecular flexibility index (Phi) is 7.78. The lowest BCUT2D eigenvalue weighted by Crippen LogP contribution is -2.27. The van der Waals surface area contributed by atoms with Gasteiger partial charge in [-0.2, -0.15) is 0 Å². The summed E-state index contributed by atoms with van der Waals surface area (Å²) in [7, 11) is 0. The Bertz CT molecular complexity index is 2200.